The van der Waals surface area contributed by atoms with Crippen molar-refractivity contribution < 1.29 is 14.3 Å². The number of hydrogen-bond acceptors (Lipinski definition) is 4. The standard InChI is InChI=1S/C20H16ClIN2O3S/c1-23-18(25)14(19(26)24(2)20(23)28)9-12-7-8-17(16(22)10-12)27-11-13-5-3-4-6-15(13)21/h3-10H,11H2,1-2H3. The first kappa shape index (κ1) is 20.8. The number of hydrogen-bond donors (Lipinski definition) is 0. The van der Waals surface area contributed by atoms with Gasteiger partial charge in [-0.05, 0) is 64.6 Å². The van der Waals surface area contributed by atoms with Gasteiger partial charge in [0.15, 0.2) is 5.11 Å². The van der Waals surface area contributed by atoms with Crippen LogP contribution in [0, 0.1) is 3.57 Å². The number of rotatable bonds is 4. The van der Waals surface area contributed by atoms with Gasteiger partial charge in [-0.25, -0.2) is 0 Å². The van der Waals surface area contributed by atoms with E-state index in [4.69, 9.17) is 28.6 Å². The Kier molecular flexibility index (Phi) is 6.36. The summed E-state index contributed by atoms with van der Waals surface area (Å²) in [5.41, 5.74) is 1.69. The van der Waals surface area contributed by atoms with Gasteiger partial charge in [0.2, 0.25) is 0 Å². The van der Waals surface area contributed by atoms with Crippen molar-refractivity contribution in [2.45, 2.75) is 6.61 Å². The first-order valence-electron chi connectivity index (χ1n) is 8.27. The molecule has 28 heavy (non-hydrogen) atoms. The first-order valence-corrected chi connectivity index (χ1v) is 10.1. The third kappa shape index (κ3) is 4.21. The molecule has 2 aromatic rings. The highest BCUT2D eigenvalue weighted by Gasteiger charge is 2.35. The Morgan fingerprint density at radius 1 is 1.11 bits per heavy atom. The monoisotopic (exact) mass is 526 g/mol. The molecule has 144 valence electrons. The fraction of sp³-hybridized carbons (Fsp3) is 0.150. The van der Waals surface area contributed by atoms with E-state index >= 15 is 0 Å². The zero-order chi connectivity index (χ0) is 20.4. The largest absolute Gasteiger partial charge is 0.488 e. The van der Waals surface area contributed by atoms with E-state index in [1.54, 1.807) is 32.3 Å². The molecule has 2 aromatic carbocycles. The predicted molar refractivity (Wildman–Crippen MR) is 121 cm³/mol. The maximum atomic E-state index is 12.4. The van der Waals surface area contributed by atoms with Crippen LogP contribution in [0.4, 0.5) is 0 Å². The maximum Gasteiger partial charge on any atom is 0.265 e. The quantitative estimate of drug-likeness (QED) is 0.260. The van der Waals surface area contributed by atoms with Crippen LogP contribution in [0.1, 0.15) is 11.1 Å². The molecule has 0 spiro atoms. The summed E-state index contributed by atoms with van der Waals surface area (Å²) in [6.07, 6.45) is 1.57. The van der Waals surface area contributed by atoms with Crippen molar-refractivity contribution in [3.8, 4) is 5.75 Å². The number of halogens is 2. The first-order chi connectivity index (χ1) is 13.3. The minimum atomic E-state index is -0.415. The Morgan fingerprint density at radius 3 is 2.36 bits per heavy atom. The number of carbonyl (C=O) groups excluding carboxylic acids is 2. The molecule has 0 saturated carbocycles. The number of benzene rings is 2. The maximum absolute atomic E-state index is 12.4. The van der Waals surface area contributed by atoms with Crippen LogP contribution in [0.5, 0.6) is 5.75 Å². The van der Waals surface area contributed by atoms with Crippen LogP contribution in [-0.4, -0.2) is 40.8 Å². The number of likely N-dealkylation sites (N-methyl/N-ethyl adjacent to an activating group) is 2. The van der Waals surface area contributed by atoms with Crippen molar-refractivity contribution in [3.63, 3.8) is 0 Å². The van der Waals surface area contributed by atoms with E-state index in [1.165, 1.54) is 9.80 Å². The summed E-state index contributed by atoms with van der Waals surface area (Å²) >= 11 is 13.4. The zero-order valence-electron chi connectivity index (χ0n) is 15.1. The van der Waals surface area contributed by atoms with Gasteiger partial charge in [-0.3, -0.25) is 19.4 Å². The van der Waals surface area contributed by atoms with Crippen molar-refractivity contribution in [2.75, 3.05) is 14.1 Å². The molecule has 0 aliphatic carbocycles. The lowest BCUT2D eigenvalue weighted by Gasteiger charge is -2.31. The number of amides is 2. The van der Waals surface area contributed by atoms with Gasteiger partial charge < -0.3 is 4.74 Å². The van der Waals surface area contributed by atoms with E-state index < -0.39 is 11.8 Å². The summed E-state index contributed by atoms with van der Waals surface area (Å²) < 4.78 is 6.71. The molecular weight excluding hydrogens is 511 g/mol. The number of nitrogens with zero attached hydrogens (tertiary/aromatic N) is 2. The Labute approximate surface area is 187 Å². The second kappa shape index (κ2) is 8.59. The minimum absolute atomic E-state index is 0.0686. The number of thiocarbonyl (C=S) groups is 1. The molecule has 1 saturated heterocycles. The van der Waals surface area contributed by atoms with Crippen LogP contribution >= 0.6 is 46.4 Å². The highest BCUT2D eigenvalue weighted by Crippen LogP contribution is 2.26. The lowest BCUT2D eigenvalue weighted by molar-refractivity contribution is -0.132. The molecule has 0 bridgehead atoms. The van der Waals surface area contributed by atoms with Gasteiger partial charge in [-0.15, -0.1) is 0 Å². The van der Waals surface area contributed by atoms with Gasteiger partial charge in [0, 0.05) is 24.7 Å². The van der Waals surface area contributed by atoms with E-state index in [1.807, 2.05) is 30.3 Å². The van der Waals surface area contributed by atoms with E-state index in [0.29, 0.717) is 17.4 Å². The van der Waals surface area contributed by atoms with E-state index in [9.17, 15) is 9.59 Å². The van der Waals surface area contributed by atoms with Crippen LogP contribution < -0.4 is 4.74 Å². The Bertz CT molecular complexity index is 983. The normalized spacial score (nSPS) is 14.6. The summed E-state index contributed by atoms with van der Waals surface area (Å²) in [4.78, 5) is 27.4. The molecule has 3 rings (SSSR count). The SMILES string of the molecule is CN1C(=O)C(=Cc2ccc(OCc3ccccc3Cl)c(I)c2)C(=O)N(C)C1=S. The number of ether oxygens (including phenoxy) is 1. The van der Waals surface area contributed by atoms with Gasteiger partial charge in [0.05, 0.1) is 3.57 Å². The summed E-state index contributed by atoms with van der Waals surface area (Å²) in [5, 5.41) is 0.837. The van der Waals surface area contributed by atoms with Crippen LogP contribution in [0.2, 0.25) is 5.02 Å². The van der Waals surface area contributed by atoms with E-state index in [0.717, 1.165) is 14.7 Å². The van der Waals surface area contributed by atoms with Crippen LogP contribution in [0.25, 0.3) is 6.08 Å². The Balaban J connectivity index is 1.81. The third-order valence-corrected chi connectivity index (χ3v) is 6.01. The fourth-order valence-corrected chi connectivity index (χ4v) is 3.69. The highest BCUT2D eigenvalue weighted by molar-refractivity contribution is 14.1. The van der Waals surface area contributed by atoms with Crippen LogP contribution in [-0.2, 0) is 16.2 Å². The molecule has 1 aliphatic heterocycles. The topological polar surface area (TPSA) is 49.9 Å². The van der Waals surface area contributed by atoms with Crippen LogP contribution in [0.3, 0.4) is 0 Å². The van der Waals surface area contributed by atoms with Gasteiger partial charge in [0.25, 0.3) is 11.8 Å². The zero-order valence-corrected chi connectivity index (χ0v) is 18.8. The Hall–Kier alpha value is -1.97. The summed E-state index contributed by atoms with van der Waals surface area (Å²) in [6.45, 7) is 0.347. The highest BCUT2D eigenvalue weighted by atomic mass is 127. The average molecular weight is 527 g/mol. The second-order valence-corrected chi connectivity index (χ2v) is 8.07. The van der Waals surface area contributed by atoms with Gasteiger partial charge in [0.1, 0.15) is 17.9 Å². The number of carbonyl (C=O) groups is 2. The van der Waals surface area contributed by atoms with Gasteiger partial charge in [-0.1, -0.05) is 35.9 Å². The molecule has 2 amide bonds. The summed E-state index contributed by atoms with van der Waals surface area (Å²) in [7, 11) is 3.10. The molecular formula is C20H16ClIN2O3S. The smallest absolute Gasteiger partial charge is 0.265 e. The van der Waals surface area contributed by atoms with Crippen molar-refractivity contribution in [1.29, 1.82) is 0 Å². The lowest BCUT2D eigenvalue weighted by atomic mass is 10.1. The molecule has 0 unspecified atom stereocenters. The molecule has 1 heterocycles. The Morgan fingerprint density at radius 2 is 1.75 bits per heavy atom. The van der Waals surface area contributed by atoms with Crippen LogP contribution in [0.15, 0.2) is 48.0 Å². The van der Waals surface area contributed by atoms with Crippen molar-refractivity contribution >= 4 is 69.4 Å². The average Bonchev–Trinajstić information content (AvgIpc) is 2.68. The summed E-state index contributed by atoms with van der Waals surface area (Å²) in [6, 6.07) is 13.0. The van der Waals surface area contributed by atoms with Crippen molar-refractivity contribution in [2.24, 2.45) is 0 Å². The fourth-order valence-electron chi connectivity index (χ4n) is 2.64. The van der Waals surface area contributed by atoms with Gasteiger partial charge in [-0.2, -0.15) is 0 Å². The molecule has 1 fully saturated rings. The minimum Gasteiger partial charge on any atom is -0.488 e. The molecule has 8 heteroatoms. The molecule has 0 aromatic heterocycles. The molecule has 0 N–H and O–H groups in total. The summed E-state index contributed by atoms with van der Waals surface area (Å²) in [5.74, 6) is -0.135. The predicted octanol–water partition coefficient (Wildman–Crippen LogP) is 4.12. The van der Waals surface area contributed by atoms with E-state index in [2.05, 4.69) is 22.6 Å². The van der Waals surface area contributed by atoms with Crippen molar-refractivity contribution in [1.82, 2.24) is 9.80 Å². The molecule has 0 atom stereocenters. The molecule has 1 aliphatic rings. The van der Waals surface area contributed by atoms with Gasteiger partial charge >= 0.3 is 0 Å². The third-order valence-electron chi connectivity index (χ3n) is 4.25. The second-order valence-electron chi connectivity index (χ2n) is 6.14. The lowest BCUT2D eigenvalue weighted by Crippen LogP contribution is -2.52. The molecule has 0 radical (unpaired) electrons. The van der Waals surface area contributed by atoms with E-state index in [-0.39, 0.29) is 10.7 Å². The molecule has 5 nitrogen and oxygen atoms in total. The van der Waals surface area contributed by atoms with Crippen molar-refractivity contribution in [3.05, 3.63) is 67.8 Å².